The molecule has 0 saturated carbocycles. The Kier molecular flexibility index (Phi) is 3.46. The van der Waals surface area contributed by atoms with Gasteiger partial charge in [-0.25, -0.2) is 0 Å². The second-order valence-corrected chi connectivity index (χ2v) is 4.68. The molecule has 1 saturated heterocycles. The molecule has 1 fully saturated rings. The fraction of sp³-hybridized carbons (Fsp3) is 0.429. The lowest BCUT2D eigenvalue weighted by molar-refractivity contribution is 0.109. The summed E-state index contributed by atoms with van der Waals surface area (Å²) in [5.41, 5.74) is 1.99. The van der Waals surface area contributed by atoms with Crippen LogP contribution in [0.3, 0.4) is 0 Å². The number of nitrogens with zero attached hydrogens (tertiary/aromatic N) is 2. The second-order valence-electron chi connectivity index (χ2n) is 4.68. The Morgan fingerprint density at radius 3 is 2.84 bits per heavy atom. The minimum absolute atomic E-state index is 0.247. The molecule has 0 aliphatic carbocycles. The Balaban J connectivity index is 1.72. The van der Waals surface area contributed by atoms with Gasteiger partial charge in [0.25, 0.3) is 5.89 Å². The zero-order valence-corrected chi connectivity index (χ0v) is 10.9. The minimum atomic E-state index is 0.247. The molecule has 100 valence electrons. The standard InChI is InChI=1S/C14H17N3O2/c1-15-11-6-4-10(5-7-11)14-16-13(17-19-14)9-12-3-2-8-18-12/h4-7,12,15H,2-3,8-9H2,1H3. The zero-order chi connectivity index (χ0) is 13.1. The molecule has 0 amide bonds. The maximum absolute atomic E-state index is 5.57. The molecule has 19 heavy (non-hydrogen) atoms. The Labute approximate surface area is 112 Å². The van der Waals surface area contributed by atoms with E-state index >= 15 is 0 Å². The normalized spacial score (nSPS) is 18.7. The van der Waals surface area contributed by atoms with E-state index < -0.39 is 0 Å². The maximum atomic E-state index is 5.57. The fourth-order valence-corrected chi connectivity index (χ4v) is 2.24. The van der Waals surface area contributed by atoms with Crippen LogP contribution in [0.4, 0.5) is 5.69 Å². The first-order valence-electron chi connectivity index (χ1n) is 6.57. The lowest BCUT2D eigenvalue weighted by atomic mass is 10.2. The Hall–Kier alpha value is -1.88. The summed E-state index contributed by atoms with van der Waals surface area (Å²) in [4.78, 5) is 4.42. The highest BCUT2D eigenvalue weighted by molar-refractivity contribution is 5.58. The number of hydrogen-bond donors (Lipinski definition) is 1. The van der Waals surface area contributed by atoms with E-state index in [4.69, 9.17) is 9.26 Å². The number of rotatable bonds is 4. The molecular weight excluding hydrogens is 242 g/mol. The third-order valence-electron chi connectivity index (χ3n) is 3.32. The van der Waals surface area contributed by atoms with Gasteiger partial charge < -0.3 is 14.6 Å². The third kappa shape index (κ3) is 2.76. The van der Waals surface area contributed by atoms with Gasteiger partial charge in [-0.15, -0.1) is 0 Å². The van der Waals surface area contributed by atoms with Gasteiger partial charge in [0.15, 0.2) is 5.82 Å². The molecule has 1 atom stereocenters. The van der Waals surface area contributed by atoms with Crippen molar-refractivity contribution in [3.8, 4) is 11.5 Å². The number of aromatic nitrogens is 2. The molecule has 5 heteroatoms. The molecule has 1 aromatic carbocycles. The molecule has 1 aliphatic heterocycles. The van der Waals surface area contributed by atoms with E-state index in [1.807, 2.05) is 31.3 Å². The number of benzene rings is 1. The molecule has 1 N–H and O–H groups in total. The number of anilines is 1. The van der Waals surface area contributed by atoms with Gasteiger partial charge >= 0.3 is 0 Å². The predicted octanol–water partition coefficient (Wildman–Crippen LogP) is 2.50. The van der Waals surface area contributed by atoms with Crippen LogP contribution in [0.5, 0.6) is 0 Å². The first-order valence-corrected chi connectivity index (χ1v) is 6.57. The number of nitrogens with one attached hydrogen (secondary N) is 1. The van der Waals surface area contributed by atoms with E-state index in [2.05, 4.69) is 15.5 Å². The first-order chi connectivity index (χ1) is 9.35. The topological polar surface area (TPSA) is 60.2 Å². The van der Waals surface area contributed by atoms with Gasteiger partial charge in [0.05, 0.1) is 6.10 Å². The molecule has 0 radical (unpaired) electrons. The van der Waals surface area contributed by atoms with Crippen LogP contribution in [0.2, 0.25) is 0 Å². The van der Waals surface area contributed by atoms with Crippen LogP contribution in [-0.4, -0.2) is 29.9 Å². The zero-order valence-electron chi connectivity index (χ0n) is 10.9. The van der Waals surface area contributed by atoms with Crippen LogP contribution in [0.1, 0.15) is 18.7 Å². The van der Waals surface area contributed by atoms with Crippen LogP contribution in [0, 0.1) is 0 Å². The Morgan fingerprint density at radius 1 is 1.32 bits per heavy atom. The van der Waals surface area contributed by atoms with Crippen LogP contribution >= 0.6 is 0 Å². The lowest BCUT2D eigenvalue weighted by Crippen LogP contribution is -2.09. The summed E-state index contributed by atoms with van der Waals surface area (Å²) < 4.78 is 10.9. The van der Waals surface area contributed by atoms with Gasteiger partial charge in [0.2, 0.25) is 0 Å². The fourth-order valence-electron chi connectivity index (χ4n) is 2.24. The van der Waals surface area contributed by atoms with E-state index in [0.29, 0.717) is 5.89 Å². The monoisotopic (exact) mass is 259 g/mol. The Bertz CT molecular complexity index is 530. The average Bonchev–Trinajstić information content (AvgIpc) is 3.11. The quantitative estimate of drug-likeness (QED) is 0.914. The van der Waals surface area contributed by atoms with Crippen molar-refractivity contribution in [1.82, 2.24) is 10.1 Å². The molecule has 1 unspecified atom stereocenters. The van der Waals surface area contributed by atoms with Crippen molar-refractivity contribution in [3.63, 3.8) is 0 Å². The second kappa shape index (κ2) is 5.40. The molecular formula is C14H17N3O2. The molecule has 2 heterocycles. The van der Waals surface area contributed by atoms with Crippen molar-refractivity contribution in [2.75, 3.05) is 19.0 Å². The van der Waals surface area contributed by atoms with Crippen LogP contribution < -0.4 is 5.32 Å². The predicted molar refractivity (Wildman–Crippen MR) is 72.0 cm³/mol. The van der Waals surface area contributed by atoms with Crippen molar-refractivity contribution in [2.24, 2.45) is 0 Å². The van der Waals surface area contributed by atoms with Gasteiger partial charge in [-0.3, -0.25) is 0 Å². The van der Waals surface area contributed by atoms with Crippen molar-refractivity contribution in [1.29, 1.82) is 0 Å². The maximum Gasteiger partial charge on any atom is 0.257 e. The summed E-state index contributed by atoms with van der Waals surface area (Å²) in [6.07, 6.45) is 3.19. The average molecular weight is 259 g/mol. The van der Waals surface area contributed by atoms with Crippen LogP contribution in [0.25, 0.3) is 11.5 Å². The largest absolute Gasteiger partial charge is 0.388 e. The Morgan fingerprint density at radius 2 is 2.16 bits per heavy atom. The van der Waals surface area contributed by atoms with Crippen molar-refractivity contribution in [3.05, 3.63) is 30.1 Å². The molecule has 5 nitrogen and oxygen atoms in total. The van der Waals surface area contributed by atoms with Crippen molar-refractivity contribution in [2.45, 2.75) is 25.4 Å². The smallest absolute Gasteiger partial charge is 0.257 e. The van der Waals surface area contributed by atoms with Gasteiger partial charge in [-0.2, -0.15) is 4.98 Å². The molecule has 0 spiro atoms. The highest BCUT2D eigenvalue weighted by Gasteiger charge is 2.19. The summed E-state index contributed by atoms with van der Waals surface area (Å²) in [7, 11) is 1.89. The lowest BCUT2D eigenvalue weighted by Gasteiger charge is -2.03. The van der Waals surface area contributed by atoms with E-state index in [-0.39, 0.29) is 6.10 Å². The molecule has 2 aromatic rings. The van der Waals surface area contributed by atoms with E-state index in [0.717, 1.165) is 42.9 Å². The van der Waals surface area contributed by atoms with E-state index in [9.17, 15) is 0 Å². The third-order valence-corrected chi connectivity index (χ3v) is 3.32. The summed E-state index contributed by atoms with van der Waals surface area (Å²) in [5, 5.41) is 7.09. The minimum Gasteiger partial charge on any atom is -0.388 e. The van der Waals surface area contributed by atoms with E-state index in [1.54, 1.807) is 0 Å². The molecule has 1 aromatic heterocycles. The molecule has 0 bridgehead atoms. The summed E-state index contributed by atoms with van der Waals surface area (Å²) in [6, 6.07) is 7.91. The van der Waals surface area contributed by atoms with E-state index in [1.165, 1.54) is 0 Å². The van der Waals surface area contributed by atoms with Gasteiger partial charge in [0.1, 0.15) is 0 Å². The summed E-state index contributed by atoms with van der Waals surface area (Å²) >= 11 is 0. The highest BCUT2D eigenvalue weighted by Crippen LogP contribution is 2.21. The molecule has 1 aliphatic rings. The summed E-state index contributed by atoms with van der Waals surface area (Å²) in [6.45, 7) is 0.848. The number of hydrogen-bond acceptors (Lipinski definition) is 5. The van der Waals surface area contributed by atoms with Crippen molar-refractivity contribution >= 4 is 5.69 Å². The highest BCUT2D eigenvalue weighted by atomic mass is 16.5. The first kappa shape index (κ1) is 12.2. The van der Waals surface area contributed by atoms with Gasteiger partial charge in [-0.1, -0.05) is 5.16 Å². The molecule has 3 rings (SSSR count). The van der Waals surface area contributed by atoms with Gasteiger partial charge in [-0.05, 0) is 37.1 Å². The van der Waals surface area contributed by atoms with Gasteiger partial charge in [0, 0.05) is 31.3 Å². The summed E-state index contributed by atoms with van der Waals surface area (Å²) in [5.74, 6) is 1.29. The van der Waals surface area contributed by atoms with Crippen molar-refractivity contribution < 1.29 is 9.26 Å². The van der Waals surface area contributed by atoms with Crippen LogP contribution in [0.15, 0.2) is 28.8 Å². The SMILES string of the molecule is CNc1ccc(-c2nc(CC3CCCO3)no2)cc1. The van der Waals surface area contributed by atoms with Crippen LogP contribution in [-0.2, 0) is 11.2 Å². The number of ether oxygens (including phenoxy) is 1.